The van der Waals surface area contributed by atoms with Crippen LogP contribution in [-0.2, 0) is 10.0 Å². The van der Waals surface area contributed by atoms with Gasteiger partial charge in [-0.25, -0.2) is 13.4 Å². The first-order chi connectivity index (χ1) is 9.29. The van der Waals surface area contributed by atoms with Crippen LogP contribution in [0.4, 0.5) is 11.4 Å². The Kier molecular flexibility index (Phi) is 4.01. The molecule has 0 saturated carbocycles. The molecule has 0 unspecified atom stereocenters. The van der Waals surface area contributed by atoms with Gasteiger partial charge in [0.1, 0.15) is 4.60 Å². The SMILES string of the molecule is Cc1cc(S(=O)(=O)Nc2ccc(Br)nc2)cc(N)c1C. The maximum absolute atomic E-state index is 12.3. The molecule has 0 amide bonds. The number of rotatable bonds is 3. The summed E-state index contributed by atoms with van der Waals surface area (Å²) in [6.45, 7) is 3.68. The number of nitrogens with zero attached hydrogens (tertiary/aromatic N) is 1. The van der Waals surface area contributed by atoms with Gasteiger partial charge in [-0.3, -0.25) is 4.72 Å². The topological polar surface area (TPSA) is 85.1 Å². The standard InChI is InChI=1S/C13H14BrN3O2S/c1-8-5-11(6-12(15)9(8)2)20(18,19)17-10-3-4-13(14)16-7-10/h3-7,17H,15H2,1-2H3. The summed E-state index contributed by atoms with van der Waals surface area (Å²) in [5.41, 5.74) is 8.39. The zero-order valence-corrected chi connectivity index (χ0v) is 13.4. The van der Waals surface area contributed by atoms with Gasteiger partial charge in [-0.2, -0.15) is 0 Å². The second-order valence-corrected chi connectivity index (χ2v) is 6.92. The second kappa shape index (κ2) is 5.41. The first-order valence-corrected chi connectivity index (χ1v) is 8.08. The Labute approximate surface area is 126 Å². The van der Waals surface area contributed by atoms with Crippen LogP contribution in [0.25, 0.3) is 0 Å². The first-order valence-electron chi connectivity index (χ1n) is 5.81. The summed E-state index contributed by atoms with van der Waals surface area (Å²) in [7, 11) is -3.67. The van der Waals surface area contributed by atoms with Crippen molar-refractivity contribution in [2.75, 3.05) is 10.5 Å². The van der Waals surface area contributed by atoms with E-state index in [1.54, 1.807) is 18.2 Å². The second-order valence-electron chi connectivity index (χ2n) is 4.43. The maximum atomic E-state index is 12.3. The van der Waals surface area contributed by atoms with Crippen molar-refractivity contribution < 1.29 is 8.42 Å². The molecule has 1 aromatic carbocycles. The van der Waals surface area contributed by atoms with E-state index in [4.69, 9.17) is 5.73 Å². The monoisotopic (exact) mass is 355 g/mol. The highest BCUT2D eigenvalue weighted by molar-refractivity contribution is 9.10. The number of nitrogens with one attached hydrogen (secondary N) is 1. The van der Waals surface area contributed by atoms with Crippen LogP contribution in [0.3, 0.4) is 0 Å². The summed E-state index contributed by atoms with van der Waals surface area (Å²) in [6, 6.07) is 6.34. The van der Waals surface area contributed by atoms with Gasteiger partial charge in [0, 0.05) is 5.69 Å². The van der Waals surface area contributed by atoms with E-state index < -0.39 is 10.0 Å². The lowest BCUT2D eigenvalue weighted by molar-refractivity contribution is 0.601. The van der Waals surface area contributed by atoms with E-state index >= 15 is 0 Å². The van der Waals surface area contributed by atoms with Crippen molar-refractivity contribution in [3.05, 3.63) is 46.2 Å². The Morgan fingerprint density at radius 1 is 1.25 bits per heavy atom. The fourth-order valence-electron chi connectivity index (χ4n) is 1.66. The lowest BCUT2D eigenvalue weighted by Crippen LogP contribution is -2.14. The number of nitrogens with two attached hydrogens (primary N) is 1. The summed E-state index contributed by atoms with van der Waals surface area (Å²) in [6.07, 6.45) is 1.44. The van der Waals surface area contributed by atoms with Crippen LogP contribution in [0.2, 0.25) is 0 Å². The Hall–Kier alpha value is -1.60. The van der Waals surface area contributed by atoms with E-state index in [9.17, 15) is 8.42 Å². The van der Waals surface area contributed by atoms with Gasteiger partial charge >= 0.3 is 0 Å². The molecule has 3 N–H and O–H groups in total. The highest BCUT2D eigenvalue weighted by atomic mass is 79.9. The van der Waals surface area contributed by atoms with Crippen LogP contribution in [0.1, 0.15) is 11.1 Å². The number of hydrogen-bond donors (Lipinski definition) is 2. The van der Waals surface area contributed by atoms with Gasteiger partial charge < -0.3 is 5.73 Å². The molecule has 0 aliphatic heterocycles. The number of halogens is 1. The largest absolute Gasteiger partial charge is 0.398 e. The number of hydrogen-bond acceptors (Lipinski definition) is 4. The summed E-state index contributed by atoms with van der Waals surface area (Å²) in [5.74, 6) is 0. The molecule has 0 aliphatic carbocycles. The van der Waals surface area contributed by atoms with Gasteiger partial charge in [-0.15, -0.1) is 0 Å². The van der Waals surface area contributed by atoms with E-state index in [0.717, 1.165) is 11.1 Å². The number of nitrogen functional groups attached to an aromatic ring is 1. The van der Waals surface area contributed by atoms with Crippen LogP contribution in [0, 0.1) is 13.8 Å². The minimum Gasteiger partial charge on any atom is -0.398 e. The Bertz CT molecular complexity index is 720. The zero-order chi connectivity index (χ0) is 14.9. The molecule has 1 heterocycles. The van der Waals surface area contributed by atoms with Gasteiger partial charge in [0.15, 0.2) is 0 Å². The molecule has 0 radical (unpaired) electrons. The van der Waals surface area contributed by atoms with E-state index in [1.807, 2.05) is 13.8 Å². The molecule has 0 atom stereocenters. The number of pyridine rings is 1. The molecular formula is C13H14BrN3O2S. The fraction of sp³-hybridized carbons (Fsp3) is 0.154. The molecule has 0 fully saturated rings. The minimum atomic E-state index is -3.67. The quantitative estimate of drug-likeness (QED) is 0.654. The van der Waals surface area contributed by atoms with Gasteiger partial charge in [-0.1, -0.05) is 0 Å². The van der Waals surface area contributed by atoms with E-state index in [-0.39, 0.29) is 4.90 Å². The molecular weight excluding hydrogens is 342 g/mol. The molecule has 0 aliphatic rings. The highest BCUT2D eigenvalue weighted by Gasteiger charge is 2.16. The zero-order valence-electron chi connectivity index (χ0n) is 11.0. The highest BCUT2D eigenvalue weighted by Crippen LogP contribution is 2.23. The lowest BCUT2D eigenvalue weighted by Gasteiger charge is -2.11. The summed E-state index contributed by atoms with van der Waals surface area (Å²) in [4.78, 5) is 4.11. The molecule has 0 bridgehead atoms. The molecule has 7 heteroatoms. The molecule has 0 spiro atoms. The van der Waals surface area contributed by atoms with Crippen LogP contribution < -0.4 is 10.5 Å². The minimum absolute atomic E-state index is 0.140. The fourth-order valence-corrected chi connectivity index (χ4v) is 3.06. The summed E-state index contributed by atoms with van der Waals surface area (Å²) in [5, 5.41) is 0. The van der Waals surface area contributed by atoms with Crippen molar-refractivity contribution in [2.24, 2.45) is 0 Å². The van der Waals surface area contributed by atoms with Crippen molar-refractivity contribution in [3.8, 4) is 0 Å². The lowest BCUT2D eigenvalue weighted by atomic mass is 10.1. The Balaban J connectivity index is 2.38. The van der Waals surface area contributed by atoms with Gasteiger partial charge in [0.05, 0.1) is 16.8 Å². The summed E-state index contributed by atoms with van der Waals surface area (Å²) < 4.78 is 27.7. The number of anilines is 2. The molecule has 0 saturated heterocycles. The normalized spacial score (nSPS) is 11.3. The number of aromatic nitrogens is 1. The van der Waals surface area contributed by atoms with Crippen LogP contribution in [0.15, 0.2) is 40.0 Å². The summed E-state index contributed by atoms with van der Waals surface area (Å²) >= 11 is 3.19. The van der Waals surface area contributed by atoms with E-state index in [0.29, 0.717) is 16.0 Å². The molecule has 106 valence electrons. The molecule has 20 heavy (non-hydrogen) atoms. The van der Waals surface area contributed by atoms with Crippen molar-refractivity contribution in [1.82, 2.24) is 4.98 Å². The molecule has 2 aromatic rings. The molecule has 2 rings (SSSR count). The third-order valence-electron chi connectivity index (χ3n) is 2.97. The van der Waals surface area contributed by atoms with E-state index in [2.05, 4.69) is 25.6 Å². The average molecular weight is 356 g/mol. The predicted molar refractivity (Wildman–Crippen MR) is 83.1 cm³/mol. The van der Waals surface area contributed by atoms with Crippen molar-refractivity contribution in [1.29, 1.82) is 0 Å². The average Bonchev–Trinajstić information content (AvgIpc) is 2.38. The van der Waals surface area contributed by atoms with Crippen LogP contribution in [0.5, 0.6) is 0 Å². The van der Waals surface area contributed by atoms with E-state index in [1.165, 1.54) is 12.3 Å². The predicted octanol–water partition coefficient (Wildman–Crippen LogP) is 2.84. The van der Waals surface area contributed by atoms with Crippen LogP contribution in [-0.4, -0.2) is 13.4 Å². The smallest absolute Gasteiger partial charge is 0.262 e. The van der Waals surface area contributed by atoms with Crippen molar-refractivity contribution >= 4 is 37.3 Å². The van der Waals surface area contributed by atoms with Gasteiger partial charge in [0.2, 0.25) is 0 Å². The Morgan fingerprint density at radius 3 is 2.50 bits per heavy atom. The number of benzene rings is 1. The van der Waals surface area contributed by atoms with Crippen molar-refractivity contribution in [3.63, 3.8) is 0 Å². The van der Waals surface area contributed by atoms with Gasteiger partial charge in [0.25, 0.3) is 10.0 Å². The third kappa shape index (κ3) is 3.10. The first kappa shape index (κ1) is 14.8. The number of aryl methyl sites for hydroxylation is 1. The maximum Gasteiger partial charge on any atom is 0.262 e. The Morgan fingerprint density at radius 2 is 1.95 bits per heavy atom. The number of sulfonamides is 1. The van der Waals surface area contributed by atoms with Gasteiger partial charge in [-0.05, 0) is 65.2 Å². The molecule has 5 nitrogen and oxygen atoms in total. The van der Waals surface area contributed by atoms with Crippen molar-refractivity contribution in [2.45, 2.75) is 18.7 Å². The van der Waals surface area contributed by atoms with Crippen LogP contribution >= 0.6 is 15.9 Å². The third-order valence-corrected chi connectivity index (χ3v) is 4.80. The molecule has 1 aromatic heterocycles.